The number of methoxy groups -OCH3 is 1. The molecule has 0 radical (unpaired) electrons. The molecule has 3 N–H and O–H groups in total. The lowest BCUT2D eigenvalue weighted by atomic mass is 9.93. The molecular weight excluding hydrogens is 220 g/mol. The quantitative estimate of drug-likeness (QED) is 0.601. The molecule has 0 aromatic heterocycles. The van der Waals surface area contributed by atoms with Crippen molar-refractivity contribution in [2.45, 2.75) is 18.8 Å². The molecule has 2 unspecified atom stereocenters. The van der Waals surface area contributed by atoms with Crippen molar-refractivity contribution in [2.24, 2.45) is 0 Å². The third-order valence-corrected chi connectivity index (χ3v) is 3.04. The van der Waals surface area contributed by atoms with Crippen LogP contribution >= 0.6 is 0 Å². The summed E-state index contributed by atoms with van der Waals surface area (Å²) in [5, 5.41) is 2.92. The van der Waals surface area contributed by atoms with E-state index in [0.29, 0.717) is 11.4 Å². The molecule has 0 saturated heterocycles. The Morgan fingerprint density at radius 3 is 2.82 bits per heavy atom. The molecule has 0 spiro atoms. The Balaban J connectivity index is 2.56. The highest BCUT2D eigenvalue weighted by molar-refractivity contribution is 5.86. The van der Waals surface area contributed by atoms with E-state index in [2.05, 4.69) is 5.32 Å². The van der Waals surface area contributed by atoms with Gasteiger partial charge in [-0.1, -0.05) is 0 Å². The van der Waals surface area contributed by atoms with Crippen molar-refractivity contribution in [3.63, 3.8) is 0 Å². The van der Waals surface area contributed by atoms with Gasteiger partial charge in [-0.3, -0.25) is 10.1 Å². The average Bonchev–Trinajstić information content (AvgIpc) is 2.63. The second-order valence-electron chi connectivity index (χ2n) is 4.06. The fraction of sp³-hybridized carbons (Fsp3) is 0.417. The van der Waals surface area contributed by atoms with Crippen LogP contribution in [0.2, 0.25) is 0 Å². The van der Waals surface area contributed by atoms with Crippen molar-refractivity contribution in [3.8, 4) is 5.75 Å². The molecule has 1 aromatic carbocycles. The third-order valence-electron chi connectivity index (χ3n) is 3.04. The predicted molar refractivity (Wildman–Crippen MR) is 63.7 cm³/mol. The van der Waals surface area contributed by atoms with Gasteiger partial charge in [0.15, 0.2) is 0 Å². The van der Waals surface area contributed by atoms with Crippen molar-refractivity contribution in [3.05, 3.63) is 23.8 Å². The maximum Gasteiger partial charge on any atom is 0.284 e. The van der Waals surface area contributed by atoms with E-state index < -0.39 is 11.8 Å². The van der Waals surface area contributed by atoms with Crippen molar-refractivity contribution in [1.29, 1.82) is 0 Å². The van der Waals surface area contributed by atoms with Crippen molar-refractivity contribution in [2.75, 3.05) is 19.9 Å². The Labute approximate surface area is 99.9 Å². The van der Waals surface area contributed by atoms with Crippen molar-refractivity contribution in [1.82, 2.24) is 5.32 Å². The molecule has 2 rings (SSSR count). The van der Waals surface area contributed by atoms with Gasteiger partial charge in [-0.2, -0.15) is 0 Å². The van der Waals surface area contributed by atoms with Gasteiger partial charge in [0.05, 0.1) is 0 Å². The van der Waals surface area contributed by atoms with Gasteiger partial charge < -0.3 is 15.2 Å². The maximum absolute atomic E-state index is 11.8. The highest BCUT2D eigenvalue weighted by Gasteiger charge is 2.51. The first-order chi connectivity index (χ1) is 8.04. The fourth-order valence-electron chi connectivity index (χ4n) is 2.26. The summed E-state index contributed by atoms with van der Waals surface area (Å²) in [5.41, 5.74) is 7.09. The molecule has 1 aliphatic heterocycles. The Morgan fingerprint density at radius 1 is 1.59 bits per heavy atom. The monoisotopic (exact) mass is 236 g/mol. The number of ketones is 1. The van der Waals surface area contributed by atoms with Gasteiger partial charge in [0.25, 0.3) is 5.91 Å². The number of nitrogens with two attached hydrogens (primary N) is 1. The summed E-state index contributed by atoms with van der Waals surface area (Å²) in [7, 11) is 3.19. The van der Waals surface area contributed by atoms with Crippen molar-refractivity contribution < 1.29 is 14.3 Å². The van der Waals surface area contributed by atoms with Crippen LogP contribution in [-0.2, 0) is 9.53 Å². The molecule has 1 aromatic rings. The van der Waals surface area contributed by atoms with Crippen LogP contribution in [0.3, 0.4) is 0 Å². The zero-order valence-electron chi connectivity index (χ0n) is 10.1. The normalized spacial score (nSPS) is 26.4. The van der Waals surface area contributed by atoms with Gasteiger partial charge in [-0.25, -0.2) is 0 Å². The van der Waals surface area contributed by atoms with Crippen LogP contribution in [0.4, 0.5) is 5.69 Å². The summed E-state index contributed by atoms with van der Waals surface area (Å²) in [5.74, 6) is -1.07. The molecule has 0 bridgehead atoms. The van der Waals surface area contributed by atoms with E-state index in [1.165, 1.54) is 14.0 Å². The summed E-state index contributed by atoms with van der Waals surface area (Å²) in [6, 6.07) is 5.23. The number of benzene rings is 1. The number of hydrogen-bond acceptors (Lipinski definition) is 5. The minimum absolute atomic E-state index is 0.0365. The minimum atomic E-state index is -1.14. The summed E-state index contributed by atoms with van der Waals surface area (Å²) in [6.45, 7) is 1.51. The first-order valence-electron chi connectivity index (χ1n) is 5.37. The summed E-state index contributed by atoms with van der Waals surface area (Å²) >= 11 is 0. The SMILES string of the molecule is CNC1(OC)Oc2ccc(N)cc2C1C(C)=O. The van der Waals surface area contributed by atoms with Crippen LogP contribution in [0.15, 0.2) is 18.2 Å². The number of likely N-dealkylation sites (N-methyl/N-ethyl adjacent to an activating group) is 1. The van der Waals surface area contributed by atoms with E-state index in [0.717, 1.165) is 5.56 Å². The predicted octanol–water partition coefficient (Wildman–Crippen LogP) is 0.853. The molecule has 1 heterocycles. The largest absolute Gasteiger partial charge is 0.448 e. The number of anilines is 1. The number of ether oxygens (including phenoxy) is 2. The molecule has 0 saturated carbocycles. The van der Waals surface area contributed by atoms with E-state index in [4.69, 9.17) is 15.2 Å². The number of nitrogens with one attached hydrogen (secondary N) is 1. The molecular formula is C12H16N2O3. The smallest absolute Gasteiger partial charge is 0.284 e. The van der Waals surface area contributed by atoms with Crippen LogP contribution in [-0.4, -0.2) is 25.9 Å². The van der Waals surface area contributed by atoms with Crippen LogP contribution in [0.1, 0.15) is 18.4 Å². The zero-order valence-corrected chi connectivity index (χ0v) is 10.1. The van der Waals surface area contributed by atoms with E-state index in [1.807, 2.05) is 0 Å². The number of hydrogen-bond donors (Lipinski definition) is 2. The minimum Gasteiger partial charge on any atom is -0.448 e. The number of carbonyl (C=O) groups is 1. The Bertz CT molecular complexity index is 455. The molecule has 2 atom stereocenters. The average molecular weight is 236 g/mol. The number of nitrogen functional groups attached to an aromatic ring is 1. The Hall–Kier alpha value is -1.59. The second-order valence-corrected chi connectivity index (χ2v) is 4.06. The highest BCUT2D eigenvalue weighted by Crippen LogP contribution is 2.44. The second kappa shape index (κ2) is 4.01. The van der Waals surface area contributed by atoms with Gasteiger partial charge in [0, 0.05) is 18.4 Å². The molecule has 0 fully saturated rings. The molecule has 0 aliphatic carbocycles. The van der Waals surface area contributed by atoms with Crippen LogP contribution in [0, 0.1) is 0 Å². The van der Waals surface area contributed by atoms with E-state index in [9.17, 15) is 4.79 Å². The number of carbonyl (C=O) groups excluding carboxylic acids is 1. The van der Waals surface area contributed by atoms with E-state index in [1.54, 1.807) is 25.2 Å². The number of rotatable bonds is 3. The molecule has 0 amide bonds. The molecule has 5 heteroatoms. The zero-order chi connectivity index (χ0) is 12.6. The first-order valence-corrected chi connectivity index (χ1v) is 5.37. The molecule has 5 nitrogen and oxygen atoms in total. The van der Waals surface area contributed by atoms with Gasteiger partial charge in [-0.05, 0) is 32.2 Å². The number of fused-ring (bicyclic) bond motifs is 1. The van der Waals surface area contributed by atoms with Gasteiger partial charge in [-0.15, -0.1) is 0 Å². The van der Waals surface area contributed by atoms with Crippen molar-refractivity contribution >= 4 is 11.5 Å². The van der Waals surface area contributed by atoms with Gasteiger partial charge in [0.2, 0.25) is 0 Å². The first kappa shape index (κ1) is 11.9. The lowest BCUT2D eigenvalue weighted by Gasteiger charge is -2.30. The van der Waals surface area contributed by atoms with E-state index >= 15 is 0 Å². The molecule has 92 valence electrons. The molecule has 1 aliphatic rings. The maximum atomic E-state index is 11.8. The van der Waals surface area contributed by atoms with Crippen LogP contribution in [0.25, 0.3) is 0 Å². The summed E-state index contributed by atoms with van der Waals surface area (Å²) in [6.07, 6.45) is 0. The highest BCUT2D eigenvalue weighted by atomic mass is 16.7. The third kappa shape index (κ3) is 1.67. The summed E-state index contributed by atoms with van der Waals surface area (Å²) < 4.78 is 11.1. The standard InChI is InChI=1S/C12H16N2O3/c1-7(15)11-9-6-8(13)4-5-10(9)17-12(11,14-2)16-3/h4-6,11,14H,13H2,1-3H3. The molecule has 17 heavy (non-hydrogen) atoms. The number of Topliss-reactive ketones (excluding diaryl/α,β-unsaturated/α-hetero) is 1. The topological polar surface area (TPSA) is 73.6 Å². The lowest BCUT2D eigenvalue weighted by molar-refractivity contribution is -0.187. The van der Waals surface area contributed by atoms with Gasteiger partial charge >= 0.3 is 0 Å². The lowest BCUT2D eigenvalue weighted by Crippen LogP contribution is -2.53. The fourth-order valence-corrected chi connectivity index (χ4v) is 2.26. The van der Waals surface area contributed by atoms with Gasteiger partial charge in [0.1, 0.15) is 17.5 Å². The Morgan fingerprint density at radius 2 is 2.29 bits per heavy atom. The Kier molecular flexibility index (Phi) is 2.81. The summed E-state index contributed by atoms with van der Waals surface area (Å²) in [4.78, 5) is 11.8. The van der Waals surface area contributed by atoms with Crippen LogP contribution < -0.4 is 15.8 Å². The van der Waals surface area contributed by atoms with Crippen LogP contribution in [0.5, 0.6) is 5.75 Å². The van der Waals surface area contributed by atoms with E-state index in [-0.39, 0.29) is 5.78 Å².